The van der Waals surface area contributed by atoms with Gasteiger partial charge in [0.25, 0.3) is 5.91 Å². The Morgan fingerprint density at radius 2 is 2.11 bits per heavy atom. The summed E-state index contributed by atoms with van der Waals surface area (Å²) < 4.78 is 5.36. The van der Waals surface area contributed by atoms with E-state index in [9.17, 15) is 4.79 Å². The molecular formula is C15H22N2O2. The lowest BCUT2D eigenvalue weighted by atomic mass is 9.82. The van der Waals surface area contributed by atoms with Crippen molar-refractivity contribution in [2.75, 3.05) is 25.5 Å². The molecular weight excluding hydrogens is 240 g/mol. The van der Waals surface area contributed by atoms with E-state index in [2.05, 4.69) is 12.2 Å². The van der Waals surface area contributed by atoms with E-state index in [1.807, 2.05) is 19.1 Å². The zero-order valence-corrected chi connectivity index (χ0v) is 11.7. The zero-order valence-electron chi connectivity index (χ0n) is 11.7. The summed E-state index contributed by atoms with van der Waals surface area (Å²) in [5, 5.41) is 3.01. The van der Waals surface area contributed by atoms with Gasteiger partial charge in [0.2, 0.25) is 0 Å². The van der Waals surface area contributed by atoms with Gasteiger partial charge in [-0.1, -0.05) is 13.0 Å². The standard InChI is InChI=1S/C15H22N2O2/c1-11-3-4-12(9-13(11)16)14(18)17-10-15(2)5-7-19-8-6-15/h3-4,9H,5-8,10,16H2,1-2H3,(H,17,18). The number of carbonyl (C=O) groups excluding carboxylic acids is 1. The van der Waals surface area contributed by atoms with Gasteiger partial charge in [0.05, 0.1) is 0 Å². The van der Waals surface area contributed by atoms with E-state index in [4.69, 9.17) is 10.5 Å². The van der Waals surface area contributed by atoms with Crippen LogP contribution in [0, 0.1) is 12.3 Å². The number of nitrogens with two attached hydrogens (primary N) is 1. The Kier molecular flexibility index (Phi) is 4.10. The Morgan fingerprint density at radius 1 is 1.42 bits per heavy atom. The molecule has 1 aromatic carbocycles. The molecule has 1 fully saturated rings. The summed E-state index contributed by atoms with van der Waals surface area (Å²) >= 11 is 0. The smallest absolute Gasteiger partial charge is 0.251 e. The Hall–Kier alpha value is -1.55. The number of ether oxygens (including phenoxy) is 1. The third-order valence-corrected chi connectivity index (χ3v) is 3.92. The van der Waals surface area contributed by atoms with Crippen LogP contribution < -0.4 is 11.1 Å². The molecule has 4 heteroatoms. The summed E-state index contributed by atoms with van der Waals surface area (Å²) in [5.74, 6) is -0.0561. The molecule has 0 spiro atoms. The summed E-state index contributed by atoms with van der Waals surface area (Å²) in [6.45, 7) is 6.37. The first-order valence-corrected chi connectivity index (χ1v) is 6.72. The molecule has 2 rings (SSSR count). The van der Waals surface area contributed by atoms with E-state index in [1.165, 1.54) is 0 Å². The van der Waals surface area contributed by atoms with Gasteiger partial charge in [0, 0.05) is 31.0 Å². The summed E-state index contributed by atoms with van der Waals surface area (Å²) in [6.07, 6.45) is 1.98. The minimum absolute atomic E-state index is 0.0561. The van der Waals surface area contributed by atoms with Crippen LogP contribution >= 0.6 is 0 Å². The fourth-order valence-corrected chi connectivity index (χ4v) is 2.22. The minimum Gasteiger partial charge on any atom is -0.398 e. The number of aryl methyl sites for hydroxylation is 1. The summed E-state index contributed by atoms with van der Waals surface area (Å²) in [7, 11) is 0. The number of hydrogen-bond acceptors (Lipinski definition) is 3. The van der Waals surface area contributed by atoms with Crippen LogP contribution in [0.4, 0.5) is 5.69 Å². The molecule has 0 radical (unpaired) electrons. The first-order chi connectivity index (χ1) is 9.00. The van der Waals surface area contributed by atoms with Crippen molar-refractivity contribution in [3.8, 4) is 0 Å². The highest BCUT2D eigenvalue weighted by molar-refractivity contribution is 5.95. The largest absolute Gasteiger partial charge is 0.398 e. The van der Waals surface area contributed by atoms with Crippen molar-refractivity contribution in [3.05, 3.63) is 29.3 Å². The SMILES string of the molecule is Cc1ccc(C(=O)NCC2(C)CCOCC2)cc1N. The third-order valence-electron chi connectivity index (χ3n) is 3.92. The summed E-state index contributed by atoms with van der Waals surface area (Å²) in [4.78, 5) is 12.1. The van der Waals surface area contributed by atoms with E-state index in [-0.39, 0.29) is 11.3 Å². The highest BCUT2D eigenvalue weighted by Gasteiger charge is 2.27. The Balaban J connectivity index is 1.95. The predicted octanol–water partition coefficient (Wildman–Crippen LogP) is 2.12. The first-order valence-electron chi connectivity index (χ1n) is 6.72. The number of nitrogens with one attached hydrogen (secondary N) is 1. The van der Waals surface area contributed by atoms with Gasteiger partial charge in [0.15, 0.2) is 0 Å². The van der Waals surface area contributed by atoms with Crippen LogP contribution in [0.15, 0.2) is 18.2 Å². The van der Waals surface area contributed by atoms with Gasteiger partial charge in [-0.3, -0.25) is 4.79 Å². The second-order valence-electron chi connectivity index (χ2n) is 5.68. The second-order valence-corrected chi connectivity index (χ2v) is 5.68. The number of hydrogen-bond donors (Lipinski definition) is 2. The van der Waals surface area contributed by atoms with E-state index in [0.29, 0.717) is 17.8 Å². The number of carbonyl (C=O) groups is 1. The van der Waals surface area contributed by atoms with Gasteiger partial charge < -0.3 is 15.8 Å². The molecule has 1 aliphatic rings. The van der Waals surface area contributed by atoms with Gasteiger partial charge in [-0.25, -0.2) is 0 Å². The highest BCUT2D eigenvalue weighted by Crippen LogP contribution is 2.28. The number of nitrogen functional groups attached to an aromatic ring is 1. The van der Waals surface area contributed by atoms with Crippen molar-refractivity contribution in [2.45, 2.75) is 26.7 Å². The molecule has 0 aromatic heterocycles. The maximum atomic E-state index is 12.1. The van der Waals surface area contributed by atoms with Crippen molar-refractivity contribution in [1.82, 2.24) is 5.32 Å². The Labute approximate surface area is 114 Å². The molecule has 1 heterocycles. The van der Waals surface area contributed by atoms with E-state index in [0.717, 1.165) is 31.6 Å². The normalized spacial score (nSPS) is 18.0. The molecule has 0 unspecified atom stereocenters. The van der Waals surface area contributed by atoms with Crippen LogP contribution in [0.25, 0.3) is 0 Å². The average Bonchev–Trinajstić information content (AvgIpc) is 2.40. The number of anilines is 1. The van der Waals surface area contributed by atoms with Crippen LogP contribution in [-0.4, -0.2) is 25.7 Å². The molecule has 1 saturated heterocycles. The van der Waals surface area contributed by atoms with Crippen molar-refractivity contribution in [1.29, 1.82) is 0 Å². The third kappa shape index (κ3) is 3.47. The molecule has 0 atom stereocenters. The monoisotopic (exact) mass is 262 g/mol. The van der Waals surface area contributed by atoms with Crippen LogP contribution in [0.3, 0.4) is 0 Å². The lowest BCUT2D eigenvalue weighted by Crippen LogP contribution is -2.39. The molecule has 1 amide bonds. The van der Waals surface area contributed by atoms with Gasteiger partial charge in [-0.15, -0.1) is 0 Å². The molecule has 3 N–H and O–H groups in total. The van der Waals surface area contributed by atoms with Crippen LogP contribution in [0.1, 0.15) is 35.7 Å². The molecule has 104 valence electrons. The maximum Gasteiger partial charge on any atom is 0.251 e. The van der Waals surface area contributed by atoms with Gasteiger partial charge >= 0.3 is 0 Å². The maximum absolute atomic E-state index is 12.1. The van der Waals surface area contributed by atoms with Crippen molar-refractivity contribution in [2.24, 2.45) is 5.41 Å². The number of benzene rings is 1. The first kappa shape index (κ1) is 13.9. The molecule has 1 aromatic rings. The van der Waals surface area contributed by atoms with Crippen LogP contribution in [0.5, 0.6) is 0 Å². The lowest BCUT2D eigenvalue weighted by Gasteiger charge is -2.33. The molecule has 0 saturated carbocycles. The quantitative estimate of drug-likeness (QED) is 0.820. The zero-order chi connectivity index (χ0) is 13.9. The van der Waals surface area contributed by atoms with E-state index < -0.39 is 0 Å². The van der Waals surface area contributed by atoms with Crippen LogP contribution in [-0.2, 0) is 4.74 Å². The minimum atomic E-state index is -0.0561. The van der Waals surface area contributed by atoms with Gasteiger partial charge in [0.1, 0.15) is 0 Å². The van der Waals surface area contributed by atoms with Crippen molar-refractivity contribution >= 4 is 11.6 Å². The molecule has 0 aliphatic carbocycles. The molecule has 0 bridgehead atoms. The van der Waals surface area contributed by atoms with E-state index in [1.54, 1.807) is 6.07 Å². The second kappa shape index (κ2) is 5.61. The molecule has 4 nitrogen and oxygen atoms in total. The highest BCUT2D eigenvalue weighted by atomic mass is 16.5. The van der Waals surface area contributed by atoms with Crippen molar-refractivity contribution in [3.63, 3.8) is 0 Å². The Morgan fingerprint density at radius 3 is 2.74 bits per heavy atom. The number of rotatable bonds is 3. The van der Waals surface area contributed by atoms with Gasteiger partial charge in [-0.2, -0.15) is 0 Å². The average molecular weight is 262 g/mol. The summed E-state index contributed by atoms with van der Waals surface area (Å²) in [5.41, 5.74) is 8.24. The topological polar surface area (TPSA) is 64.3 Å². The fraction of sp³-hybridized carbons (Fsp3) is 0.533. The summed E-state index contributed by atoms with van der Waals surface area (Å²) in [6, 6.07) is 5.42. The molecule has 19 heavy (non-hydrogen) atoms. The van der Waals surface area contributed by atoms with Crippen molar-refractivity contribution < 1.29 is 9.53 Å². The van der Waals surface area contributed by atoms with E-state index >= 15 is 0 Å². The van der Waals surface area contributed by atoms with Crippen LogP contribution in [0.2, 0.25) is 0 Å². The lowest BCUT2D eigenvalue weighted by molar-refractivity contribution is 0.0238. The Bertz CT molecular complexity index is 465. The number of amides is 1. The predicted molar refractivity (Wildman–Crippen MR) is 76.1 cm³/mol. The molecule has 1 aliphatic heterocycles. The van der Waals surface area contributed by atoms with Gasteiger partial charge in [-0.05, 0) is 42.9 Å². The fourth-order valence-electron chi connectivity index (χ4n) is 2.22.